The fourth-order valence-electron chi connectivity index (χ4n) is 3.56. The average Bonchev–Trinajstić information content (AvgIpc) is 3.22. The van der Waals surface area contributed by atoms with Gasteiger partial charge in [0, 0.05) is 0 Å². The maximum atomic E-state index is 12.2. The molecule has 0 amide bonds. The van der Waals surface area contributed by atoms with Gasteiger partial charge < -0.3 is 29.9 Å². The minimum Gasteiger partial charge on any atom is -0.505 e. The second-order valence-electron chi connectivity index (χ2n) is 6.10. The quantitative estimate of drug-likeness (QED) is 0.389. The number of allylic oxidation sites excluding steroid dienone is 2. The van der Waals surface area contributed by atoms with Crippen molar-refractivity contribution in [3.05, 3.63) is 23.7 Å². The maximum Gasteiger partial charge on any atom is 0.377 e. The van der Waals surface area contributed by atoms with Crippen molar-refractivity contribution in [3.8, 4) is 0 Å². The summed E-state index contributed by atoms with van der Waals surface area (Å²) in [7, 11) is 0. The molecule has 24 heavy (non-hydrogen) atoms. The number of rotatable bonds is 5. The molecule has 1 aliphatic heterocycles. The molecular weight excluding hydrogens is 324 g/mol. The predicted octanol–water partition coefficient (Wildman–Crippen LogP) is -0.334. The van der Waals surface area contributed by atoms with Crippen molar-refractivity contribution in [1.82, 2.24) is 0 Å². The number of carbonyl (C=O) groups is 3. The molecule has 3 aliphatic rings. The number of cyclic esters (lactones) is 1. The van der Waals surface area contributed by atoms with E-state index in [1.807, 2.05) is 0 Å². The Kier molecular flexibility index (Phi) is 3.96. The third kappa shape index (κ3) is 2.50. The summed E-state index contributed by atoms with van der Waals surface area (Å²) < 4.78 is 9.51. The topological polar surface area (TPSA) is 151 Å². The molecule has 4 unspecified atom stereocenters. The molecule has 2 bridgehead atoms. The summed E-state index contributed by atoms with van der Waals surface area (Å²) in [4.78, 5) is 34.6. The van der Waals surface area contributed by atoms with E-state index in [0.29, 0.717) is 6.42 Å². The van der Waals surface area contributed by atoms with Crippen LogP contribution in [0.4, 0.5) is 0 Å². The van der Waals surface area contributed by atoms with Crippen LogP contribution in [0.5, 0.6) is 0 Å². The van der Waals surface area contributed by atoms with Gasteiger partial charge >= 0.3 is 17.9 Å². The van der Waals surface area contributed by atoms with Gasteiger partial charge in [0.1, 0.15) is 12.7 Å². The number of esters is 2. The Labute approximate surface area is 135 Å². The van der Waals surface area contributed by atoms with E-state index in [4.69, 9.17) is 9.84 Å². The van der Waals surface area contributed by atoms with Gasteiger partial charge in [-0.2, -0.15) is 0 Å². The fraction of sp³-hybridized carbons (Fsp3) is 0.533. The summed E-state index contributed by atoms with van der Waals surface area (Å²) >= 11 is 0. The van der Waals surface area contributed by atoms with E-state index in [1.54, 1.807) is 12.2 Å². The predicted molar refractivity (Wildman–Crippen MR) is 74.5 cm³/mol. The van der Waals surface area contributed by atoms with Gasteiger partial charge in [0.05, 0.1) is 11.8 Å². The number of carboxylic acid groups (broad SMARTS) is 1. The van der Waals surface area contributed by atoms with E-state index in [0.717, 1.165) is 0 Å². The molecule has 0 aromatic carbocycles. The first kappa shape index (κ1) is 16.3. The molecule has 1 saturated carbocycles. The van der Waals surface area contributed by atoms with Crippen molar-refractivity contribution < 1.29 is 44.3 Å². The number of hydrogen-bond donors (Lipinski definition) is 4. The van der Waals surface area contributed by atoms with Gasteiger partial charge in [-0.3, -0.25) is 9.59 Å². The van der Waals surface area contributed by atoms with Crippen molar-refractivity contribution >= 4 is 17.9 Å². The van der Waals surface area contributed by atoms with Crippen LogP contribution in [0.25, 0.3) is 0 Å². The Bertz CT molecular complexity index is 649. The van der Waals surface area contributed by atoms with Gasteiger partial charge in [-0.05, 0) is 18.3 Å². The van der Waals surface area contributed by atoms with Crippen LogP contribution in [0.2, 0.25) is 0 Å². The minimum atomic E-state index is -1.58. The lowest BCUT2D eigenvalue weighted by molar-refractivity contribution is -0.163. The second kappa shape index (κ2) is 5.82. The minimum absolute atomic E-state index is 0.213. The molecule has 6 atom stereocenters. The molecule has 0 saturated heterocycles. The number of fused-ring (bicyclic) bond motifs is 2. The molecule has 0 aromatic rings. The van der Waals surface area contributed by atoms with E-state index >= 15 is 0 Å². The maximum absolute atomic E-state index is 12.2. The normalized spacial score (nSPS) is 35.2. The zero-order chi connectivity index (χ0) is 17.6. The smallest absolute Gasteiger partial charge is 0.377 e. The van der Waals surface area contributed by atoms with Gasteiger partial charge in [-0.25, -0.2) is 4.79 Å². The summed E-state index contributed by atoms with van der Waals surface area (Å²) in [5.41, 5.74) is 0. The molecule has 2 aliphatic carbocycles. The van der Waals surface area contributed by atoms with E-state index in [9.17, 15) is 29.7 Å². The largest absolute Gasteiger partial charge is 0.505 e. The molecule has 0 radical (unpaired) electrons. The highest BCUT2D eigenvalue weighted by Crippen LogP contribution is 2.48. The number of aliphatic carboxylic acids is 1. The van der Waals surface area contributed by atoms with Gasteiger partial charge in [-0.1, -0.05) is 12.2 Å². The molecule has 1 heterocycles. The van der Waals surface area contributed by atoms with Gasteiger partial charge in [0.25, 0.3) is 0 Å². The summed E-state index contributed by atoms with van der Waals surface area (Å²) in [6.07, 6.45) is 1.03. The van der Waals surface area contributed by atoms with E-state index < -0.39 is 60.1 Å². The first-order valence-corrected chi connectivity index (χ1v) is 7.40. The number of ether oxygens (including phenoxy) is 2. The standard InChI is InChI=1S/C15H16O9/c16-7(12-10(17)11(18)15(22)24-12)4-23-14(21)9-6-2-1-5(3-6)8(9)13(19)20/h1-2,5-9,12,16-18H,3-4H2,(H,19,20)/t5?,6?,7-,8?,9?,12+/m0/s1. The van der Waals surface area contributed by atoms with Crippen molar-refractivity contribution in [1.29, 1.82) is 0 Å². The molecule has 3 rings (SSSR count). The Morgan fingerprint density at radius 3 is 2.42 bits per heavy atom. The lowest BCUT2D eigenvalue weighted by Gasteiger charge is -2.24. The lowest BCUT2D eigenvalue weighted by Crippen LogP contribution is -2.38. The van der Waals surface area contributed by atoms with Crippen molar-refractivity contribution in [2.75, 3.05) is 6.61 Å². The van der Waals surface area contributed by atoms with Crippen LogP contribution < -0.4 is 0 Å². The van der Waals surface area contributed by atoms with Crippen LogP contribution in [-0.2, 0) is 23.9 Å². The number of carboxylic acids is 1. The molecule has 1 fully saturated rings. The van der Waals surface area contributed by atoms with Crippen LogP contribution in [0.3, 0.4) is 0 Å². The molecular formula is C15H16O9. The highest BCUT2D eigenvalue weighted by Gasteiger charge is 2.52. The zero-order valence-electron chi connectivity index (χ0n) is 12.4. The van der Waals surface area contributed by atoms with Crippen molar-refractivity contribution in [2.45, 2.75) is 18.6 Å². The average molecular weight is 340 g/mol. The SMILES string of the molecule is O=C1O[C@H]([C@@H](O)COC(=O)C2C3C=CC(C3)C2C(=O)O)C(O)=C1O. The lowest BCUT2D eigenvalue weighted by atomic mass is 9.83. The van der Waals surface area contributed by atoms with Crippen LogP contribution in [0.15, 0.2) is 23.7 Å². The van der Waals surface area contributed by atoms with Crippen molar-refractivity contribution in [3.63, 3.8) is 0 Å². The molecule has 9 nitrogen and oxygen atoms in total. The van der Waals surface area contributed by atoms with Gasteiger partial charge in [-0.15, -0.1) is 0 Å². The number of aliphatic hydroxyl groups is 3. The van der Waals surface area contributed by atoms with E-state index in [1.165, 1.54) is 0 Å². The number of carbonyl (C=O) groups excluding carboxylic acids is 2. The zero-order valence-corrected chi connectivity index (χ0v) is 12.4. The van der Waals surface area contributed by atoms with E-state index in [-0.39, 0.29) is 11.8 Å². The molecule has 4 N–H and O–H groups in total. The van der Waals surface area contributed by atoms with Crippen LogP contribution in [0.1, 0.15) is 6.42 Å². The molecule has 130 valence electrons. The third-order valence-electron chi connectivity index (χ3n) is 4.70. The Hall–Kier alpha value is -2.55. The first-order chi connectivity index (χ1) is 11.3. The highest BCUT2D eigenvalue weighted by molar-refractivity contribution is 5.89. The molecule has 0 aromatic heterocycles. The Morgan fingerprint density at radius 2 is 1.88 bits per heavy atom. The summed E-state index contributed by atoms with van der Waals surface area (Å²) in [5, 5.41) is 37.8. The van der Waals surface area contributed by atoms with Crippen LogP contribution >= 0.6 is 0 Å². The summed E-state index contributed by atoms with van der Waals surface area (Å²) in [6.45, 7) is -0.613. The summed E-state index contributed by atoms with van der Waals surface area (Å²) in [5.74, 6) is -7.02. The van der Waals surface area contributed by atoms with Crippen LogP contribution in [0, 0.1) is 23.7 Å². The molecule has 0 spiro atoms. The monoisotopic (exact) mass is 340 g/mol. The van der Waals surface area contributed by atoms with Crippen LogP contribution in [-0.4, -0.2) is 57.1 Å². The Morgan fingerprint density at radius 1 is 1.25 bits per heavy atom. The second-order valence-corrected chi connectivity index (χ2v) is 6.10. The van der Waals surface area contributed by atoms with Gasteiger partial charge in [0.2, 0.25) is 5.76 Å². The van der Waals surface area contributed by atoms with Gasteiger partial charge in [0.15, 0.2) is 11.9 Å². The highest BCUT2D eigenvalue weighted by atomic mass is 16.6. The van der Waals surface area contributed by atoms with Crippen molar-refractivity contribution in [2.24, 2.45) is 23.7 Å². The fourth-order valence-corrected chi connectivity index (χ4v) is 3.56. The summed E-state index contributed by atoms with van der Waals surface area (Å²) in [6, 6.07) is 0. The number of aliphatic hydroxyl groups excluding tert-OH is 3. The first-order valence-electron chi connectivity index (χ1n) is 7.40. The number of hydrogen-bond acceptors (Lipinski definition) is 8. The Balaban J connectivity index is 1.61. The molecule has 9 heteroatoms. The van der Waals surface area contributed by atoms with E-state index in [2.05, 4.69) is 4.74 Å². The third-order valence-corrected chi connectivity index (χ3v) is 4.70.